The summed E-state index contributed by atoms with van der Waals surface area (Å²) in [6.45, 7) is 5.39. The quantitative estimate of drug-likeness (QED) is 0.733. The first-order chi connectivity index (χ1) is 11.1. The van der Waals surface area contributed by atoms with Crippen LogP contribution in [0.1, 0.15) is 35.2 Å². The number of benzene rings is 1. The summed E-state index contributed by atoms with van der Waals surface area (Å²) in [5.74, 6) is 0.0191. The second-order valence-corrected chi connectivity index (χ2v) is 7.03. The molecule has 2 heterocycles. The number of halogens is 2. The number of nitrogens with one attached hydrogen (secondary N) is 1. The van der Waals surface area contributed by atoms with Crippen LogP contribution in [0.3, 0.4) is 0 Å². The third-order valence-electron chi connectivity index (χ3n) is 5.77. The number of likely N-dealkylation sites (tertiary alicyclic amines) is 1. The van der Waals surface area contributed by atoms with Crippen LogP contribution in [0.15, 0.2) is 24.3 Å². The number of rotatable bonds is 4. The van der Waals surface area contributed by atoms with Crippen LogP contribution in [0.4, 0.5) is 0 Å². The molecule has 1 aromatic rings. The minimum absolute atomic E-state index is 0. The van der Waals surface area contributed by atoms with Gasteiger partial charge in [0.1, 0.15) is 0 Å². The van der Waals surface area contributed by atoms with Crippen molar-refractivity contribution in [2.24, 2.45) is 17.1 Å². The molecule has 2 fully saturated rings. The molecule has 3 rings (SSSR count). The Labute approximate surface area is 162 Å². The van der Waals surface area contributed by atoms with Crippen molar-refractivity contribution >= 4 is 30.7 Å². The summed E-state index contributed by atoms with van der Waals surface area (Å²) < 4.78 is 0. The predicted molar refractivity (Wildman–Crippen MR) is 104 cm³/mol. The van der Waals surface area contributed by atoms with Crippen LogP contribution in [-0.4, -0.2) is 48.7 Å². The summed E-state index contributed by atoms with van der Waals surface area (Å²) in [6, 6.07) is 7.59. The van der Waals surface area contributed by atoms with E-state index in [-0.39, 0.29) is 30.7 Å². The van der Waals surface area contributed by atoms with E-state index in [0.29, 0.717) is 23.5 Å². The van der Waals surface area contributed by atoms with E-state index in [1.807, 2.05) is 12.1 Å². The molecule has 1 atom stereocenters. The molecule has 4 N–H and O–H groups in total. The fraction of sp³-hybridized carbons (Fsp3) is 0.611. The fourth-order valence-corrected chi connectivity index (χ4v) is 4.14. The molecule has 2 saturated heterocycles. The molecule has 0 radical (unpaired) electrons. The Bertz CT molecular complexity index is 546. The van der Waals surface area contributed by atoms with Gasteiger partial charge in [0, 0.05) is 31.2 Å². The van der Waals surface area contributed by atoms with Gasteiger partial charge in [-0.05, 0) is 62.0 Å². The summed E-state index contributed by atoms with van der Waals surface area (Å²) in [4.78, 5) is 13.6. The molecular weight excluding hydrogens is 361 g/mol. The highest BCUT2D eigenvalue weighted by Gasteiger charge is 2.42. The van der Waals surface area contributed by atoms with Crippen molar-refractivity contribution in [3.63, 3.8) is 0 Å². The minimum atomic E-state index is -0.377. The molecule has 7 heteroatoms. The van der Waals surface area contributed by atoms with Gasteiger partial charge in [0.2, 0.25) is 5.91 Å². The molecule has 1 spiro atoms. The monoisotopic (exact) mass is 389 g/mol. The number of nitrogens with two attached hydrogens (primary N) is 1. The van der Waals surface area contributed by atoms with Crippen molar-refractivity contribution in [2.45, 2.75) is 25.8 Å². The van der Waals surface area contributed by atoms with E-state index < -0.39 is 0 Å². The van der Waals surface area contributed by atoms with Gasteiger partial charge in [-0.2, -0.15) is 0 Å². The number of hydrogen-bond donors (Lipinski definition) is 3. The first kappa shape index (κ1) is 22.2. The van der Waals surface area contributed by atoms with Gasteiger partial charge in [-0.25, -0.2) is 0 Å². The number of amides is 1. The molecule has 2 aliphatic rings. The van der Waals surface area contributed by atoms with E-state index in [0.717, 1.165) is 32.7 Å². The molecule has 2 aliphatic heterocycles. The van der Waals surface area contributed by atoms with E-state index in [9.17, 15) is 9.90 Å². The highest BCUT2D eigenvalue weighted by molar-refractivity contribution is 5.92. The molecule has 1 aromatic carbocycles. The first-order valence-corrected chi connectivity index (χ1v) is 8.56. The van der Waals surface area contributed by atoms with E-state index in [2.05, 4.69) is 10.2 Å². The van der Waals surface area contributed by atoms with Crippen LogP contribution in [0.5, 0.6) is 0 Å². The third kappa shape index (κ3) is 5.08. The number of aliphatic hydroxyl groups is 1. The molecule has 1 amide bonds. The van der Waals surface area contributed by atoms with E-state index in [1.165, 1.54) is 24.8 Å². The number of nitrogens with zero attached hydrogens (tertiary/aromatic N) is 1. The molecular formula is C18H29Cl2N3O2. The highest BCUT2D eigenvalue weighted by atomic mass is 35.5. The lowest BCUT2D eigenvalue weighted by Crippen LogP contribution is -2.52. The number of carbonyl (C=O) groups excluding carboxylic acids is 1. The number of aliphatic hydroxyl groups excluding tert-OH is 1. The standard InChI is InChI=1S/C18H27N3O2.2ClH/c19-17(23)15-3-1-14(2-4-15)12-21-9-6-18(7-10-21)5-8-20-11-16(18)13-22;;/h1-4,16,20,22H,5-13H2,(H2,19,23);2*1H. The van der Waals surface area contributed by atoms with Gasteiger partial charge in [-0.3, -0.25) is 9.69 Å². The average molecular weight is 390 g/mol. The van der Waals surface area contributed by atoms with E-state index in [4.69, 9.17) is 5.73 Å². The molecule has 142 valence electrons. The SMILES string of the molecule is Cl.Cl.NC(=O)c1ccc(CN2CCC3(CCNCC3CO)CC2)cc1. The Morgan fingerprint density at radius 3 is 2.40 bits per heavy atom. The molecule has 0 saturated carbocycles. The average Bonchev–Trinajstić information content (AvgIpc) is 2.58. The summed E-state index contributed by atoms with van der Waals surface area (Å²) in [5, 5.41) is 13.1. The molecule has 25 heavy (non-hydrogen) atoms. The third-order valence-corrected chi connectivity index (χ3v) is 5.77. The predicted octanol–water partition coefficient (Wildman–Crippen LogP) is 1.81. The van der Waals surface area contributed by atoms with Crippen LogP contribution < -0.4 is 11.1 Å². The van der Waals surface area contributed by atoms with Crippen LogP contribution >= 0.6 is 24.8 Å². The lowest BCUT2D eigenvalue weighted by atomic mass is 9.65. The van der Waals surface area contributed by atoms with Crippen molar-refractivity contribution in [3.8, 4) is 0 Å². The second kappa shape index (κ2) is 9.74. The molecule has 0 aromatic heterocycles. The van der Waals surface area contributed by atoms with Gasteiger partial charge in [0.25, 0.3) is 0 Å². The van der Waals surface area contributed by atoms with Gasteiger partial charge in [0.15, 0.2) is 0 Å². The van der Waals surface area contributed by atoms with Crippen LogP contribution in [0.25, 0.3) is 0 Å². The lowest BCUT2D eigenvalue weighted by Gasteiger charge is -2.49. The van der Waals surface area contributed by atoms with Crippen molar-refractivity contribution in [3.05, 3.63) is 35.4 Å². The summed E-state index contributed by atoms with van der Waals surface area (Å²) in [6.07, 6.45) is 3.51. The minimum Gasteiger partial charge on any atom is -0.396 e. The Balaban J connectivity index is 0.00000156. The number of carbonyl (C=O) groups is 1. The lowest BCUT2D eigenvalue weighted by molar-refractivity contribution is -0.00583. The van der Waals surface area contributed by atoms with Crippen LogP contribution in [-0.2, 0) is 6.54 Å². The summed E-state index contributed by atoms with van der Waals surface area (Å²) >= 11 is 0. The number of primary amides is 1. The number of piperidine rings is 2. The van der Waals surface area contributed by atoms with E-state index in [1.54, 1.807) is 12.1 Å². The maximum absolute atomic E-state index is 11.1. The van der Waals surface area contributed by atoms with Gasteiger partial charge in [-0.1, -0.05) is 12.1 Å². The second-order valence-electron chi connectivity index (χ2n) is 7.03. The molecule has 5 nitrogen and oxygen atoms in total. The zero-order valence-corrected chi connectivity index (χ0v) is 16.1. The van der Waals surface area contributed by atoms with Gasteiger partial charge >= 0.3 is 0 Å². The maximum Gasteiger partial charge on any atom is 0.248 e. The molecule has 1 unspecified atom stereocenters. The van der Waals surface area contributed by atoms with Gasteiger partial charge in [-0.15, -0.1) is 24.8 Å². The van der Waals surface area contributed by atoms with Crippen molar-refractivity contribution < 1.29 is 9.90 Å². The van der Waals surface area contributed by atoms with Crippen LogP contribution in [0.2, 0.25) is 0 Å². The van der Waals surface area contributed by atoms with Crippen molar-refractivity contribution in [1.29, 1.82) is 0 Å². The summed E-state index contributed by atoms with van der Waals surface area (Å²) in [7, 11) is 0. The van der Waals surface area contributed by atoms with E-state index >= 15 is 0 Å². The number of hydrogen-bond acceptors (Lipinski definition) is 4. The largest absolute Gasteiger partial charge is 0.396 e. The first-order valence-electron chi connectivity index (χ1n) is 8.56. The molecule has 0 bridgehead atoms. The van der Waals surface area contributed by atoms with Gasteiger partial charge in [0.05, 0.1) is 0 Å². The normalized spacial score (nSPS) is 22.7. The highest BCUT2D eigenvalue weighted by Crippen LogP contribution is 2.43. The van der Waals surface area contributed by atoms with Crippen molar-refractivity contribution in [2.75, 3.05) is 32.8 Å². The zero-order valence-electron chi connectivity index (χ0n) is 14.4. The fourth-order valence-electron chi connectivity index (χ4n) is 4.14. The smallest absolute Gasteiger partial charge is 0.248 e. The Morgan fingerprint density at radius 2 is 1.84 bits per heavy atom. The van der Waals surface area contributed by atoms with Crippen LogP contribution in [0, 0.1) is 11.3 Å². The maximum atomic E-state index is 11.1. The molecule has 0 aliphatic carbocycles. The zero-order chi connectivity index (χ0) is 16.3. The topological polar surface area (TPSA) is 78.6 Å². The summed E-state index contributed by atoms with van der Waals surface area (Å²) in [5.41, 5.74) is 7.38. The Kier molecular flexibility index (Phi) is 8.64. The van der Waals surface area contributed by atoms with Gasteiger partial charge < -0.3 is 16.2 Å². The Hall–Kier alpha value is -0.850. The Morgan fingerprint density at radius 1 is 1.20 bits per heavy atom. The van der Waals surface area contributed by atoms with Crippen molar-refractivity contribution in [1.82, 2.24) is 10.2 Å².